The fourth-order valence-electron chi connectivity index (χ4n) is 4.29. The molecule has 0 spiro atoms. The van der Waals surface area contributed by atoms with E-state index in [1.807, 2.05) is 0 Å². The molecule has 0 radical (unpaired) electrons. The summed E-state index contributed by atoms with van der Waals surface area (Å²) in [5.41, 5.74) is 5.56. The number of piperazine rings is 1. The van der Waals surface area contributed by atoms with Crippen molar-refractivity contribution in [3.05, 3.63) is 102 Å². The molecule has 1 saturated heterocycles. The monoisotopic (exact) mass is 370 g/mol. The molecule has 3 aromatic carbocycles. The largest absolute Gasteiger partial charge is 0.369 e. The van der Waals surface area contributed by atoms with Crippen LogP contribution in [0.4, 0.5) is 5.69 Å². The van der Waals surface area contributed by atoms with E-state index in [2.05, 4.69) is 102 Å². The molecule has 0 atom stereocenters. The highest BCUT2D eigenvalue weighted by Gasteiger charge is 2.26. The van der Waals surface area contributed by atoms with Gasteiger partial charge in [0, 0.05) is 31.9 Å². The van der Waals surface area contributed by atoms with Gasteiger partial charge in [-0.2, -0.15) is 0 Å². The van der Waals surface area contributed by atoms with Crippen LogP contribution in [0.1, 0.15) is 36.1 Å². The van der Waals surface area contributed by atoms with E-state index in [0.717, 1.165) is 26.2 Å². The molecule has 1 aliphatic rings. The number of aryl methyl sites for hydroxylation is 1. The van der Waals surface area contributed by atoms with E-state index in [9.17, 15) is 0 Å². The van der Waals surface area contributed by atoms with Crippen LogP contribution in [-0.2, 0) is 6.42 Å². The van der Waals surface area contributed by atoms with Gasteiger partial charge in [-0.25, -0.2) is 0 Å². The van der Waals surface area contributed by atoms with Crippen molar-refractivity contribution in [3.8, 4) is 0 Å². The number of hydrogen-bond acceptors (Lipinski definition) is 2. The van der Waals surface area contributed by atoms with Crippen LogP contribution in [-0.4, -0.2) is 31.1 Å². The molecule has 0 bridgehead atoms. The molecule has 28 heavy (non-hydrogen) atoms. The molecule has 0 unspecified atom stereocenters. The number of anilines is 1. The highest BCUT2D eigenvalue weighted by atomic mass is 15.3. The van der Waals surface area contributed by atoms with Crippen LogP contribution in [0.5, 0.6) is 0 Å². The smallest absolute Gasteiger partial charge is 0.0603 e. The molecule has 0 N–H and O–H groups in total. The average molecular weight is 371 g/mol. The molecule has 2 nitrogen and oxygen atoms in total. The molecule has 0 saturated carbocycles. The van der Waals surface area contributed by atoms with Crippen molar-refractivity contribution >= 4 is 5.69 Å². The first-order valence-corrected chi connectivity index (χ1v) is 10.5. The SMILES string of the molecule is CCCc1ccc(N2CCN(C(c3ccccc3)c3ccccc3)CC2)cc1. The highest BCUT2D eigenvalue weighted by molar-refractivity contribution is 5.48. The molecule has 0 aliphatic carbocycles. The zero-order valence-corrected chi connectivity index (χ0v) is 16.8. The molecule has 0 aromatic heterocycles. The highest BCUT2D eigenvalue weighted by Crippen LogP contribution is 2.30. The topological polar surface area (TPSA) is 6.48 Å². The molecule has 2 heteroatoms. The van der Waals surface area contributed by atoms with Crippen LogP contribution in [0.3, 0.4) is 0 Å². The maximum absolute atomic E-state index is 2.63. The predicted molar refractivity (Wildman–Crippen MR) is 119 cm³/mol. The van der Waals surface area contributed by atoms with E-state index >= 15 is 0 Å². The van der Waals surface area contributed by atoms with Gasteiger partial charge in [0.15, 0.2) is 0 Å². The molecular formula is C26H30N2. The van der Waals surface area contributed by atoms with E-state index in [1.54, 1.807) is 0 Å². The fraction of sp³-hybridized carbons (Fsp3) is 0.308. The first kappa shape index (κ1) is 18.8. The van der Waals surface area contributed by atoms with Gasteiger partial charge in [-0.05, 0) is 35.2 Å². The molecular weight excluding hydrogens is 340 g/mol. The van der Waals surface area contributed by atoms with Crippen molar-refractivity contribution in [2.45, 2.75) is 25.8 Å². The van der Waals surface area contributed by atoms with Crippen molar-refractivity contribution in [1.82, 2.24) is 4.90 Å². The molecule has 3 aromatic rings. The Morgan fingerprint density at radius 1 is 0.679 bits per heavy atom. The van der Waals surface area contributed by atoms with Gasteiger partial charge in [-0.15, -0.1) is 0 Å². The van der Waals surface area contributed by atoms with Crippen LogP contribution < -0.4 is 4.90 Å². The maximum Gasteiger partial charge on any atom is 0.0603 e. The summed E-state index contributed by atoms with van der Waals surface area (Å²) < 4.78 is 0. The van der Waals surface area contributed by atoms with Crippen molar-refractivity contribution in [3.63, 3.8) is 0 Å². The summed E-state index contributed by atoms with van der Waals surface area (Å²) in [6.45, 7) is 6.53. The number of benzene rings is 3. The Morgan fingerprint density at radius 2 is 1.21 bits per heavy atom. The summed E-state index contributed by atoms with van der Waals surface area (Å²) in [6.07, 6.45) is 2.38. The van der Waals surface area contributed by atoms with Gasteiger partial charge < -0.3 is 4.90 Å². The third kappa shape index (κ3) is 4.28. The summed E-state index contributed by atoms with van der Waals surface area (Å²) in [5, 5.41) is 0. The average Bonchev–Trinajstić information content (AvgIpc) is 2.77. The first-order chi connectivity index (χ1) is 13.8. The Morgan fingerprint density at radius 3 is 1.71 bits per heavy atom. The van der Waals surface area contributed by atoms with Crippen LogP contribution in [0, 0.1) is 0 Å². The summed E-state index contributed by atoms with van der Waals surface area (Å²) in [5.74, 6) is 0. The van der Waals surface area contributed by atoms with E-state index in [0.29, 0.717) is 6.04 Å². The van der Waals surface area contributed by atoms with Crippen LogP contribution in [0.15, 0.2) is 84.9 Å². The molecule has 4 rings (SSSR count). The zero-order chi connectivity index (χ0) is 19.2. The lowest BCUT2D eigenvalue weighted by Crippen LogP contribution is -2.48. The minimum atomic E-state index is 0.330. The standard InChI is InChI=1S/C26H30N2/c1-2-9-22-14-16-25(17-15-22)27-18-20-28(21-19-27)26(23-10-5-3-6-11-23)24-12-7-4-8-13-24/h3-8,10-17,26H,2,9,18-21H2,1H3. The van der Waals surface area contributed by atoms with Crippen molar-refractivity contribution in [2.75, 3.05) is 31.1 Å². The van der Waals surface area contributed by atoms with Gasteiger partial charge in [0.25, 0.3) is 0 Å². The van der Waals surface area contributed by atoms with Crippen LogP contribution in [0.25, 0.3) is 0 Å². The minimum Gasteiger partial charge on any atom is -0.369 e. The van der Waals surface area contributed by atoms with Gasteiger partial charge in [0.1, 0.15) is 0 Å². The Bertz CT molecular complexity index is 795. The van der Waals surface area contributed by atoms with Gasteiger partial charge in [0.05, 0.1) is 6.04 Å². The summed E-state index contributed by atoms with van der Waals surface area (Å²) in [7, 11) is 0. The summed E-state index contributed by atoms with van der Waals surface area (Å²) in [6, 6.07) is 31.4. The van der Waals surface area contributed by atoms with Crippen molar-refractivity contribution in [2.24, 2.45) is 0 Å². The Labute approximate surface area is 169 Å². The molecule has 0 amide bonds. The van der Waals surface area contributed by atoms with Gasteiger partial charge >= 0.3 is 0 Å². The normalized spacial score (nSPS) is 15.1. The third-order valence-electron chi connectivity index (χ3n) is 5.75. The molecule has 1 aliphatic heterocycles. The van der Waals surface area contributed by atoms with E-state index in [-0.39, 0.29) is 0 Å². The number of nitrogens with zero attached hydrogens (tertiary/aromatic N) is 2. The van der Waals surface area contributed by atoms with Crippen LogP contribution >= 0.6 is 0 Å². The number of rotatable bonds is 6. The summed E-state index contributed by atoms with van der Waals surface area (Å²) >= 11 is 0. The molecule has 1 heterocycles. The zero-order valence-electron chi connectivity index (χ0n) is 16.8. The van der Waals surface area contributed by atoms with Crippen molar-refractivity contribution in [1.29, 1.82) is 0 Å². The quantitative estimate of drug-likeness (QED) is 0.561. The second kappa shape index (κ2) is 9.07. The van der Waals surface area contributed by atoms with Crippen molar-refractivity contribution < 1.29 is 0 Å². The Kier molecular flexibility index (Phi) is 6.08. The third-order valence-corrected chi connectivity index (χ3v) is 5.75. The summed E-state index contributed by atoms with van der Waals surface area (Å²) in [4.78, 5) is 5.16. The van der Waals surface area contributed by atoms with Gasteiger partial charge in [0.2, 0.25) is 0 Å². The Balaban J connectivity index is 1.49. The van der Waals surface area contributed by atoms with Gasteiger partial charge in [-0.1, -0.05) is 86.1 Å². The number of hydrogen-bond donors (Lipinski definition) is 0. The molecule has 1 fully saturated rings. The maximum atomic E-state index is 2.63. The Hall–Kier alpha value is -2.58. The van der Waals surface area contributed by atoms with Crippen LogP contribution in [0.2, 0.25) is 0 Å². The second-order valence-electron chi connectivity index (χ2n) is 7.66. The molecule has 144 valence electrons. The fourth-order valence-corrected chi connectivity index (χ4v) is 4.29. The van der Waals surface area contributed by atoms with Gasteiger partial charge in [-0.3, -0.25) is 4.90 Å². The van der Waals surface area contributed by atoms with E-state index < -0.39 is 0 Å². The lowest BCUT2D eigenvalue weighted by molar-refractivity contribution is 0.212. The second-order valence-corrected chi connectivity index (χ2v) is 7.66. The predicted octanol–water partition coefficient (Wildman–Crippen LogP) is 5.55. The lowest BCUT2D eigenvalue weighted by atomic mass is 9.96. The van der Waals surface area contributed by atoms with E-state index in [4.69, 9.17) is 0 Å². The first-order valence-electron chi connectivity index (χ1n) is 10.5. The lowest BCUT2D eigenvalue weighted by Gasteiger charge is -2.40. The van der Waals surface area contributed by atoms with E-state index in [1.165, 1.54) is 35.2 Å². The minimum absolute atomic E-state index is 0.330.